The lowest BCUT2D eigenvalue weighted by Crippen LogP contribution is -1.80. The summed E-state index contributed by atoms with van der Waals surface area (Å²) in [5, 5.41) is 3.59. The normalized spacial score (nSPS) is 10.6. The van der Waals surface area contributed by atoms with Crippen molar-refractivity contribution in [2.45, 2.75) is 0 Å². The van der Waals surface area contributed by atoms with Crippen LogP contribution >= 0.6 is 38.9 Å². The molecule has 66 valence electrons. The van der Waals surface area contributed by atoms with Crippen molar-refractivity contribution in [2.75, 3.05) is 0 Å². The number of carbonyl (C=O) groups is 1. The molecular formula is C9H4BrClOS. The van der Waals surface area contributed by atoms with Crippen LogP contribution in [0.1, 0.15) is 10.4 Å². The molecule has 1 aromatic carbocycles. The third kappa shape index (κ3) is 1.41. The van der Waals surface area contributed by atoms with Gasteiger partial charge in [0.2, 0.25) is 0 Å². The van der Waals surface area contributed by atoms with E-state index in [0.29, 0.717) is 5.56 Å². The molecule has 1 aromatic heterocycles. The van der Waals surface area contributed by atoms with Crippen LogP contribution in [0.4, 0.5) is 0 Å². The molecule has 1 nitrogen and oxygen atoms in total. The maximum atomic E-state index is 10.6. The van der Waals surface area contributed by atoms with Gasteiger partial charge >= 0.3 is 0 Å². The number of hydrogen-bond donors (Lipinski definition) is 0. The van der Waals surface area contributed by atoms with Gasteiger partial charge in [-0.1, -0.05) is 17.7 Å². The zero-order valence-electron chi connectivity index (χ0n) is 6.38. The molecule has 0 unspecified atom stereocenters. The largest absolute Gasteiger partial charge is 0.298 e. The maximum absolute atomic E-state index is 10.6. The van der Waals surface area contributed by atoms with Gasteiger partial charge in [0.1, 0.15) is 0 Å². The lowest BCUT2D eigenvalue weighted by molar-refractivity contribution is 0.112. The van der Waals surface area contributed by atoms with E-state index in [2.05, 4.69) is 15.9 Å². The van der Waals surface area contributed by atoms with E-state index in [9.17, 15) is 4.79 Å². The van der Waals surface area contributed by atoms with Crippen molar-refractivity contribution in [1.29, 1.82) is 0 Å². The van der Waals surface area contributed by atoms with Crippen molar-refractivity contribution < 1.29 is 4.79 Å². The van der Waals surface area contributed by atoms with Crippen molar-refractivity contribution in [1.82, 2.24) is 0 Å². The van der Waals surface area contributed by atoms with Crippen molar-refractivity contribution >= 4 is 55.2 Å². The van der Waals surface area contributed by atoms with Crippen LogP contribution < -0.4 is 0 Å². The molecule has 0 amide bonds. The smallest absolute Gasteiger partial charge is 0.151 e. The monoisotopic (exact) mass is 274 g/mol. The number of aldehydes is 1. The van der Waals surface area contributed by atoms with Crippen molar-refractivity contribution in [3.8, 4) is 0 Å². The van der Waals surface area contributed by atoms with Crippen LogP contribution in [0.15, 0.2) is 22.0 Å². The minimum absolute atomic E-state index is 0.658. The van der Waals surface area contributed by atoms with Crippen molar-refractivity contribution in [3.63, 3.8) is 0 Å². The van der Waals surface area contributed by atoms with Crippen LogP contribution in [0.2, 0.25) is 5.02 Å². The Kier molecular flexibility index (Phi) is 2.41. The third-order valence-corrected chi connectivity index (χ3v) is 4.36. The van der Waals surface area contributed by atoms with Gasteiger partial charge in [-0.3, -0.25) is 4.79 Å². The van der Waals surface area contributed by atoms with E-state index in [1.54, 1.807) is 6.07 Å². The quantitative estimate of drug-likeness (QED) is 0.715. The Morgan fingerprint density at radius 1 is 1.46 bits per heavy atom. The summed E-state index contributed by atoms with van der Waals surface area (Å²) < 4.78 is 1.85. The molecule has 4 heteroatoms. The van der Waals surface area contributed by atoms with Gasteiger partial charge in [0.15, 0.2) is 6.29 Å². The molecular weight excluding hydrogens is 272 g/mol. The number of fused-ring (bicyclic) bond motifs is 1. The summed E-state index contributed by atoms with van der Waals surface area (Å²) in [4.78, 5) is 10.6. The zero-order chi connectivity index (χ0) is 9.42. The van der Waals surface area contributed by atoms with Crippen LogP contribution in [-0.4, -0.2) is 6.29 Å². The van der Waals surface area contributed by atoms with Crippen molar-refractivity contribution in [3.05, 3.63) is 32.6 Å². The molecule has 0 bridgehead atoms. The predicted molar refractivity (Wildman–Crippen MR) is 59.9 cm³/mol. The first kappa shape index (κ1) is 9.19. The molecule has 13 heavy (non-hydrogen) atoms. The van der Waals surface area contributed by atoms with Gasteiger partial charge in [-0.15, -0.1) is 11.3 Å². The molecule has 0 N–H and O–H groups in total. The van der Waals surface area contributed by atoms with Crippen LogP contribution in [0.25, 0.3) is 10.1 Å². The summed E-state index contributed by atoms with van der Waals surface area (Å²) in [6.45, 7) is 0. The van der Waals surface area contributed by atoms with Gasteiger partial charge in [-0.25, -0.2) is 0 Å². The first-order valence-electron chi connectivity index (χ1n) is 3.54. The van der Waals surface area contributed by atoms with E-state index in [0.717, 1.165) is 25.9 Å². The van der Waals surface area contributed by atoms with Gasteiger partial charge in [-0.05, 0) is 22.0 Å². The number of hydrogen-bond acceptors (Lipinski definition) is 2. The van der Waals surface area contributed by atoms with Crippen LogP contribution in [0.5, 0.6) is 0 Å². The molecule has 0 atom stereocenters. The van der Waals surface area contributed by atoms with Gasteiger partial charge in [-0.2, -0.15) is 0 Å². The molecule has 0 aliphatic heterocycles. The second-order valence-electron chi connectivity index (χ2n) is 2.55. The third-order valence-electron chi connectivity index (χ3n) is 1.79. The van der Waals surface area contributed by atoms with E-state index >= 15 is 0 Å². The molecule has 0 aliphatic carbocycles. The molecule has 0 radical (unpaired) electrons. The summed E-state index contributed by atoms with van der Waals surface area (Å²) in [6, 6.07) is 3.63. The van der Waals surface area contributed by atoms with Gasteiger partial charge in [0.25, 0.3) is 0 Å². The number of rotatable bonds is 1. The second kappa shape index (κ2) is 3.40. The Morgan fingerprint density at radius 3 is 2.92 bits per heavy atom. The number of carbonyl (C=O) groups excluding carboxylic acids is 1. The fraction of sp³-hybridized carbons (Fsp3) is 0. The lowest BCUT2D eigenvalue weighted by atomic mass is 10.2. The standard InChI is InChI=1S/C9H4BrClOS/c10-8-5(3-12)1-2-6-7(11)4-13-9(6)8/h1-4H. The van der Waals surface area contributed by atoms with E-state index in [1.807, 2.05) is 11.4 Å². The molecule has 0 saturated carbocycles. The molecule has 0 aliphatic rings. The van der Waals surface area contributed by atoms with E-state index in [1.165, 1.54) is 11.3 Å². The molecule has 2 aromatic rings. The van der Waals surface area contributed by atoms with E-state index in [-0.39, 0.29) is 0 Å². The maximum Gasteiger partial charge on any atom is 0.151 e. The molecule has 0 saturated heterocycles. The van der Waals surface area contributed by atoms with E-state index < -0.39 is 0 Å². The Labute approximate surface area is 92.5 Å². The first-order chi connectivity index (χ1) is 6.24. The highest BCUT2D eigenvalue weighted by Gasteiger charge is 2.08. The molecule has 0 fully saturated rings. The average molecular weight is 276 g/mol. The van der Waals surface area contributed by atoms with Gasteiger partial charge in [0.05, 0.1) is 9.72 Å². The Bertz CT molecular complexity index is 478. The van der Waals surface area contributed by atoms with Crippen LogP contribution in [0, 0.1) is 0 Å². The molecule has 0 spiro atoms. The SMILES string of the molecule is O=Cc1ccc2c(Cl)csc2c1Br. The topological polar surface area (TPSA) is 17.1 Å². The minimum atomic E-state index is 0.658. The van der Waals surface area contributed by atoms with Gasteiger partial charge < -0.3 is 0 Å². The summed E-state index contributed by atoms with van der Waals surface area (Å²) in [5.41, 5.74) is 0.658. The van der Waals surface area contributed by atoms with E-state index in [4.69, 9.17) is 11.6 Å². The minimum Gasteiger partial charge on any atom is -0.298 e. The summed E-state index contributed by atoms with van der Waals surface area (Å²) >= 11 is 10.8. The number of halogens is 2. The number of benzene rings is 1. The molecule has 2 rings (SSSR count). The second-order valence-corrected chi connectivity index (χ2v) is 4.63. The summed E-state index contributed by atoms with van der Waals surface area (Å²) in [6.07, 6.45) is 0.831. The van der Waals surface area contributed by atoms with Gasteiger partial charge in [0, 0.05) is 20.8 Å². The van der Waals surface area contributed by atoms with Crippen LogP contribution in [-0.2, 0) is 0 Å². The Hall–Kier alpha value is -0.380. The summed E-state index contributed by atoms with van der Waals surface area (Å²) in [5.74, 6) is 0. The highest BCUT2D eigenvalue weighted by Crippen LogP contribution is 2.36. The highest BCUT2D eigenvalue weighted by molar-refractivity contribution is 9.10. The van der Waals surface area contributed by atoms with Crippen molar-refractivity contribution in [2.24, 2.45) is 0 Å². The number of thiophene rings is 1. The predicted octanol–water partition coefficient (Wildman–Crippen LogP) is 4.13. The first-order valence-corrected chi connectivity index (χ1v) is 5.59. The summed E-state index contributed by atoms with van der Waals surface area (Å²) in [7, 11) is 0. The Balaban J connectivity index is 2.87. The fourth-order valence-electron chi connectivity index (χ4n) is 1.14. The lowest BCUT2D eigenvalue weighted by Gasteiger charge is -1.97. The average Bonchev–Trinajstić information content (AvgIpc) is 2.50. The fourth-order valence-corrected chi connectivity index (χ4v) is 3.08. The molecule has 1 heterocycles. The Morgan fingerprint density at radius 2 is 2.23 bits per heavy atom. The highest BCUT2D eigenvalue weighted by atomic mass is 79.9. The zero-order valence-corrected chi connectivity index (χ0v) is 9.54. The van der Waals surface area contributed by atoms with Crippen LogP contribution in [0.3, 0.4) is 0 Å².